The monoisotopic (exact) mass is 349 g/mol. The molecular weight excluding hydrogens is 322 g/mol. The third kappa shape index (κ3) is 4.51. The van der Waals surface area contributed by atoms with Crippen LogP contribution >= 0.6 is 0 Å². The molecule has 1 N–H and O–H groups in total. The summed E-state index contributed by atoms with van der Waals surface area (Å²) in [7, 11) is 0. The van der Waals surface area contributed by atoms with E-state index in [1.807, 2.05) is 38.1 Å². The Labute approximate surface area is 148 Å². The SMILES string of the molecule is CC(Oc1cccc(C(C)C)c1)C(=O)N1CC(C(=O)O)OCC1(C)C. The number of aliphatic carboxylic acids is 1. The van der Waals surface area contributed by atoms with Crippen molar-refractivity contribution in [1.82, 2.24) is 4.90 Å². The van der Waals surface area contributed by atoms with Gasteiger partial charge in [-0.2, -0.15) is 0 Å². The molecule has 138 valence electrons. The van der Waals surface area contributed by atoms with Crippen molar-refractivity contribution in [3.05, 3.63) is 29.8 Å². The molecule has 0 aliphatic carbocycles. The fourth-order valence-electron chi connectivity index (χ4n) is 2.81. The lowest BCUT2D eigenvalue weighted by Gasteiger charge is -2.45. The van der Waals surface area contributed by atoms with E-state index in [1.54, 1.807) is 11.8 Å². The smallest absolute Gasteiger partial charge is 0.334 e. The van der Waals surface area contributed by atoms with E-state index in [0.717, 1.165) is 5.56 Å². The van der Waals surface area contributed by atoms with Gasteiger partial charge in [0.25, 0.3) is 5.91 Å². The maximum absolute atomic E-state index is 12.9. The first-order valence-corrected chi connectivity index (χ1v) is 8.54. The minimum Gasteiger partial charge on any atom is -0.481 e. The van der Waals surface area contributed by atoms with Crippen molar-refractivity contribution in [3.8, 4) is 5.75 Å². The van der Waals surface area contributed by atoms with E-state index < -0.39 is 23.7 Å². The lowest BCUT2D eigenvalue weighted by atomic mass is 9.99. The summed E-state index contributed by atoms with van der Waals surface area (Å²) in [6, 6.07) is 7.67. The Morgan fingerprint density at radius 2 is 2.00 bits per heavy atom. The van der Waals surface area contributed by atoms with Crippen molar-refractivity contribution in [1.29, 1.82) is 0 Å². The Kier molecular flexibility index (Phi) is 5.72. The van der Waals surface area contributed by atoms with Crippen LogP contribution in [0.5, 0.6) is 5.75 Å². The van der Waals surface area contributed by atoms with E-state index in [4.69, 9.17) is 9.47 Å². The number of carbonyl (C=O) groups excluding carboxylic acids is 1. The second kappa shape index (κ2) is 7.44. The van der Waals surface area contributed by atoms with Crippen LogP contribution < -0.4 is 4.74 Å². The van der Waals surface area contributed by atoms with E-state index >= 15 is 0 Å². The zero-order valence-electron chi connectivity index (χ0n) is 15.5. The van der Waals surface area contributed by atoms with Gasteiger partial charge in [0.2, 0.25) is 0 Å². The molecule has 2 rings (SSSR count). The van der Waals surface area contributed by atoms with Gasteiger partial charge >= 0.3 is 5.97 Å². The molecule has 0 radical (unpaired) electrons. The van der Waals surface area contributed by atoms with Crippen molar-refractivity contribution in [2.45, 2.75) is 58.3 Å². The molecule has 1 aromatic carbocycles. The number of carboxylic acid groups (broad SMARTS) is 1. The molecule has 1 aliphatic rings. The van der Waals surface area contributed by atoms with Crippen LogP contribution in [0.2, 0.25) is 0 Å². The summed E-state index contributed by atoms with van der Waals surface area (Å²) in [5.74, 6) is -0.307. The molecule has 1 amide bonds. The highest BCUT2D eigenvalue weighted by Gasteiger charge is 2.42. The van der Waals surface area contributed by atoms with Gasteiger partial charge in [-0.1, -0.05) is 26.0 Å². The van der Waals surface area contributed by atoms with Gasteiger partial charge in [0.15, 0.2) is 12.2 Å². The molecule has 1 fully saturated rings. The normalized spacial score (nSPS) is 21.0. The molecule has 1 aliphatic heterocycles. The van der Waals surface area contributed by atoms with Gasteiger partial charge in [-0.15, -0.1) is 0 Å². The highest BCUT2D eigenvalue weighted by Crippen LogP contribution is 2.25. The summed E-state index contributed by atoms with van der Waals surface area (Å²) in [6.45, 7) is 9.77. The van der Waals surface area contributed by atoms with Gasteiger partial charge in [0.05, 0.1) is 18.7 Å². The molecule has 1 aromatic rings. The molecule has 2 unspecified atom stereocenters. The number of hydrogen-bond donors (Lipinski definition) is 1. The van der Waals surface area contributed by atoms with E-state index in [9.17, 15) is 14.7 Å². The Morgan fingerprint density at radius 3 is 2.60 bits per heavy atom. The van der Waals surface area contributed by atoms with Gasteiger partial charge in [-0.3, -0.25) is 4.79 Å². The van der Waals surface area contributed by atoms with Gasteiger partial charge < -0.3 is 19.5 Å². The van der Waals surface area contributed by atoms with Crippen LogP contribution in [0.4, 0.5) is 0 Å². The van der Waals surface area contributed by atoms with E-state index in [0.29, 0.717) is 11.7 Å². The molecule has 6 heteroatoms. The van der Waals surface area contributed by atoms with Crippen LogP contribution in [0, 0.1) is 0 Å². The molecule has 6 nitrogen and oxygen atoms in total. The fraction of sp³-hybridized carbons (Fsp3) is 0.579. The average Bonchev–Trinajstić information content (AvgIpc) is 2.53. The van der Waals surface area contributed by atoms with Crippen molar-refractivity contribution in [2.24, 2.45) is 0 Å². The summed E-state index contributed by atoms with van der Waals surface area (Å²) in [5.41, 5.74) is 0.551. The molecule has 0 bridgehead atoms. The number of ether oxygens (including phenoxy) is 2. The van der Waals surface area contributed by atoms with Crippen molar-refractivity contribution >= 4 is 11.9 Å². The van der Waals surface area contributed by atoms with E-state index in [2.05, 4.69) is 13.8 Å². The van der Waals surface area contributed by atoms with Crippen LogP contribution in [-0.2, 0) is 14.3 Å². The number of rotatable bonds is 5. The Bertz CT molecular complexity index is 640. The lowest BCUT2D eigenvalue weighted by molar-refractivity contribution is -0.174. The second-order valence-electron chi connectivity index (χ2n) is 7.39. The molecule has 2 atom stereocenters. The zero-order chi connectivity index (χ0) is 18.8. The molecule has 25 heavy (non-hydrogen) atoms. The molecule has 0 spiro atoms. The van der Waals surface area contributed by atoms with Gasteiger partial charge in [0, 0.05) is 0 Å². The summed E-state index contributed by atoms with van der Waals surface area (Å²) in [4.78, 5) is 25.6. The van der Waals surface area contributed by atoms with Gasteiger partial charge in [-0.25, -0.2) is 4.79 Å². The van der Waals surface area contributed by atoms with E-state index in [1.165, 1.54) is 0 Å². The third-order valence-corrected chi connectivity index (χ3v) is 4.44. The Balaban J connectivity index is 2.12. The van der Waals surface area contributed by atoms with Gasteiger partial charge in [0.1, 0.15) is 5.75 Å². The predicted molar refractivity (Wildman–Crippen MR) is 93.8 cm³/mol. The van der Waals surface area contributed by atoms with Crippen molar-refractivity contribution < 1.29 is 24.2 Å². The summed E-state index contributed by atoms with van der Waals surface area (Å²) in [6.07, 6.45) is -1.72. The van der Waals surface area contributed by atoms with Crippen molar-refractivity contribution in [2.75, 3.05) is 13.2 Å². The lowest BCUT2D eigenvalue weighted by Crippen LogP contribution is -2.62. The van der Waals surface area contributed by atoms with Gasteiger partial charge in [-0.05, 0) is 44.4 Å². The van der Waals surface area contributed by atoms with Crippen LogP contribution in [-0.4, -0.2) is 52.8 Å². The average molecular weight is 349 g/mol. The molecule has 0 saturated carbocycles. The number of carboxylic acids is 1. The Morgan fingerprint density at radius 1 is 1.32 bits per heavy atom. The number of amides is 1. The minimum atomic E-state index is -1.06. The highest BCUT2D eigenvalue weighted by atomic mass is 16.5. The standard InChI is InChI=1S/C19H27NO5/c1-12(2)14-7-6-8-15(9-14)25-13(3)17(21)20-10-16(18(22)23)24-11-19(20,4)5/h6-9,12-13,16H,10-11H2,1-5H3,(H,22,23). The maximum atomic E-state index is 12.9. The zero-order valence-corrected chi connectivity index (χ0v) is 15.5. The number of benzene rings is 1. The first-order chi connectivity index (χ1) is 11.6. The topological polar surface area (TPSA) is 76.1 Å². The summed E-state index contributed by atoms with van der Waals surface area (Å²) >= 11 is 0. The molecular formula is C19H27NO5. The summed E-state index contributed by atoms with van der Waals surface area (Å²) < 4.78 is 11.2. The predicted octanol–water partition coefficient (Wildman–Crippen LogP) is 2.67. The van der Waals surface area contributed by atoms with E-state index in [-0.39, 0.29) is 19.1 Å². The quantitative estimate of drug-likeness (QED) is 0.884. The largest absolute Gasteiger partial charge is 0.481 e. The highest BCUT2D eigenvalue weighted by molar-refractivity contribution is 5.83. The van der Waals surface area contributed by atoms with Crippen LogP contribution in [0.15, 0.2) is 24.3 Å². The molecule has 1 heterocycles. The molecule has 1 saturated heterocycles. The first kappa shape index (κ1) is 19.2. The molecule has 0 aromatic heterocycles. The number of nitrogens with zero attached hydrogens (tertiary/aromatic N) is 1. The fourth-order valence-corrected chi connectivity index (χ4v) is 2.81. The second-order valence-corrected chi connectivity index (χ2v) is 7.39. The third-order valence-electron chi connectivity index (χ3n) is 4.44. The number of hydrogen-bond acceptors (Lipinski definition) is 4. The van der Waals surface area contributed by atoms with Crippen LogP contribution in [0.25, 0.3) is 0 Å². The van der Waals surface area contributed by atoms with Crippen LogP contribution in [0.3, 0.4) is 0 Å². The van der Waals surface area contributed by atoms with Crippen molar-refractivity contribution in [3.63, 3.8) is 0 Å². The number of carbonyl (C=O) groups is 2. The Hall–Kier alpha value is -2.08. The summed E-state index contributed by atoms with van der Waals surface area (Å²) in [5, 5.41) is 9.17. The first-order valence-electron chi connectivity index (χ1n) is 8.54. The minimum absolute atomic E-state index is 0.0148. The number of morpholine rings is 1. The maximum Gasteiger partial charge on any atom is 0.334 e. The van der Waals surface area contributed by atoms with Crippen LogP contribution in [0.1, 0.15) is 46.1 Å².